The highest BCUT2D eigenvalue weighted by Crippen LogP contribution is 2.40. The van der Waals surface area contributed by atoms with Crippen molar-refractivity contribution < 1.29 is 19.4 Å². The summed E-state index contributed by atoms with van der Waals surface area (Å²) >= 11 is 0. The number of carbonyl (C=O) groups is 2. The molecular weight excluding hydrogens is 318 g/mol. The van der Waals surface area contributed by atoms with E-state index in [0.717, 1.165) is 0 Å². The number of aliphatic carboxylic acids is 1. The Kier molecular flexibility index (Phi) is 4.49. The lowest BCUT2D eigenvalue weighted by atomic mass is 9.82. The van der Waals surface area contributed by atoms with E-state index in [4.69, 9.17) is 4.74 Å². The topological polar surface area (TPSA) is 75.6 Å². The number of para-hydroxylation sites is 1. The number of hydrogen-bond acceptors (Lipinski definition) is 3. The standard InChI is InChI=1S/C20H21NO4/c1-19(18(23)24,15-8-4-2-5-9-15)14-21-17(22)20(12-13-20)25-16-10-6-3-7-11-16/h2-11H,12-14H2,1H3,(H,21,22)(H,23,24). The van der Waals surface area contributed by atoms with E-state index >= 15 is 0 Å². The number of hydrogen-bond donors (Lipinski definition) is 2. The van der Waals surface area contributed by atoms with Crippen LogP contribution >= 0.6 is 0 Å². The fourth-order valence-corrected chi connectivity index (χ4v) is 2.73. The highest BCUT2D eigenvalue weighted by Gasteiger charge is 2.53. The van der Waals surface area contributed by atoms with Crippen LogP contribution in [0.15, 0.2) is 60.7 Å². The molecule has 130 valence electrons. The van der Waals surface area contributed by atoms with Gasteiger partial charge in [-0.15, -0.1) is 0 Å². The van der Waals surface area contributed by atoms with Crippen LogP contribution in [0.4, 0.5) is 0 Å². The monoisotopic (exact) mass is 339 g/mol. The van der Waals surface area contributed by atoms with Crippen LogP contribution < -0.4 is 10.1 Å². The molecule has 5 nitrogen and oxygen atoms in total. The zero-order chi connectivity index (χ0) is 17.9. The maximum Gasteiger partial charge on any atom is 0.315 e. The van der Waals surface area contributed by atoms with E-state index in [1.54, 1.807) is 43.3 Å². The molecule has 5 heteroatoms. The van der Waals surface area contributed by atoms with Crippen LogP contribution in [0.25, 0.3) is 0 Å². The van der Waals surface area contributed by atoms with Gasteiger partial charge in [-0.25, -0.2) is 0 Å². The van der Waals surface area contributed by atoms with Gasteiger partial charge in [0.15, 0.2) is 5.60 Å². The summed E-state index contributed by atoms with van der Waals surface area (Å²) in [6.45, 7) is 1.62. The Morgan fingerprint density at radius 1 is 1.08 bits per heavy atom. The van der Waals surface area contributed by atoms with Crippen LogP contribution in [0.5, 0.6) is 5.75 Å². The number of rotatable bonds is 7. The number of nitrogens with one attached hydrogen (secondary N) is 1. The second kappa shape index (κ2) is 6.59. The van der Waals surface area contributed by atoms with Gasteiger partial charge in [0.1, 0.15) is 11.2 Å². The second-order valence-electron chi connectivity index (χ2n) is 6.60. The summed E-state index contributed by atoms with van der Waals surface area (Å²) in [5.74, 6) is -0.605. The molecule has 1 amide bonds. The Hall–Kier alpha value is -2.82. The Balaban J connectivity index is 1.69. The highest BCUT2D eigenvalue weighted by molar-refractivity contribution is 5.90. The van der Waals surface area contributed by atoms with Gasteiger partial charge in [-0.05, 0) is 24.6 Å². The van der Waals surface area contributed by atoms with Crippen LogP contribution in [0.1, 0.15) is 25.3 Å². The van der Waals surface area contributed by atoms with E-state index in [1.807, 2.05) is 24.3 Å². The van der Waals surface area contributed by atoms with Crippen molar-refractivity contribution in [3.8, 4) is 5.75 Å². The van der Waals surface area contributed by atoms with E-state index in [2.05, 4.69) is 5.32 Å². The van der Waals surface area contributed by atoms with Gasteiger partial charge < -0.3 is 15.2 Å². The molecule has 0 spiro atoms. The predicted molar refractivity (Wildman–Crippen MR) is 93.5 cm³/mol. The Morgan fingerprint density at radius 2 is 1.64 bits per heavy atom. The molecule has 25 heavy (non-hydrogen) atoms. The molecule has 0 bridgehead atoms. The molecule has 2 aromatic carbocycles. The van der Waals surface area contributed by atoms with Gasteiger partial charge >= 0.3 is 5.97 Å². The first-order valence-electron chi connectivity index (χ1n) is 8.28. The van der Waals surface area contributed by atoms with E-state index in [-0.39, 0.29) is 12.5 Å². The van der Waals surface area contributed by atoms with E-state index in [9.17, 15) is 14.7 Å². The van der Waals surface area contributed by atoms with Crippen LogP contribution in [0.3, 0.4) is 0 Å². The van der Waals surface area contributed by atoms with Gasteiger partial charge in [-0.1, -0.05) is 48.5 Å². The van der Waals surface area contributed by atoms with Crippen molar-refractivity contribution in [2.75, 3.05) is 6.54 Å². The number of carboxylic acid groups (broad SMARTS) is 1. The minimum Gasteiger partial charge on any atom is -0.481 e. The summed E-state index contributed by atoms with van der Waals surface area (Å²) in [6, 6.07) is 18.1. The molecule has 0 aliphatic heterocycles. The molecule has 0 saturated heterocycles. The molecule has 1 aliphatic carbocycles. The minimum atomic E-state index is -1.19. The van der Waals surface area contributed by atoms with Crippen molar-refractivity contribution in [2.24, 2.45) is 0 Å². The highest BCUT2D eigenvalue weighted by atomic mass is 16.5. The largest absolute Gasteiger partial charge is 0.481 e. The Morgan fingerprint density at radius 3 is 2.16 bits per heavy atom. The fourth-order valence-electron chi connectivity index (χ4n) is 2.73. The number of carbonyl (C=O) groups excluding carboxylic acids is 1. The number of ether oxygens (including phenoxy) is 1. The lowest BCUT2D eigenvalue weighted by molar-refractivity contribution is -0.143. The fraction of sp³-hybridized carbons (Fsp3) is 0.300. The molecule has 0 heterocycles. The zero-order valence-corrected chi connectivity index (χ0v) is 14.1. The van der Waals surface area contributed by atoms with Crippen molar-refractivity contribution in [3.63, 3.8) is 0 Å². The lowest BCUT2D eigenvalue weighted by Gasteiger charge is -2.27. The summed E-state index contributed by atoms with van der Waals surface area (Å²) in [7, 11) is 0. The summed E-state index contributed by atoms with van der Waals surface area (Å²) in [5.41, 5.74) is -1.42. The third kappa shape index (κ3) is 3.50. The molecule has 2 N–H and O–H groups in total. The Bertz CT molecular complexity index is 756. The van der Waals surface area contributed by atoms with Gasteiger partial charge in [0.25, 0.3) is 5.91 Å². The molecule has 2 aromatic rings. The summed E-state index contributed by atoms with van der Waals surface area (Å²) in [6.07, 6.45) is 1.26. The molecule has 0 aromatic heterocycles. The van der Waals surface area contributed by atoms with Gasteiger partial charge in [0.2, 0.25) is 0 Å². The van der Waals surface area contributed by atoms with Crippen molar-refractivity contribution in [3.05, 3.63) is 66.2 Å². The first kappa shape index (κ1) is 17.0. The average Bonchev–Trinajstić information content (AvgIpc) is 3.41. The van der Waals surface area contributed by atoms with Crippen molar-refractivity contribution in [2.45, 2.75) is 30.8 Å². The lowest BCUT2D eigenvalue weighted by Crippen LogP contribution is -2.49. The molecule has 1 atom stereocenters. The SMILES string of the molecule is CC(CNC(=O)C1(Oc2ccccc2)CC1)(C(=O)O)c1ccccc1. The maximum atomic E-state index is 12.6. The van der Waals surface area contributed by atoms with E-state index < -0.39 is 17.0 Å². The zero-order valence-electron chi connectivity index (χ0n) is 14.1. The van der Waals surface area contributed by atoms with Crippen molar-refractivity contribution in [1.29, 1.82) is 0 Å². The summed E-state index contributed by atoms with van der Waals surface area (Å²) < 4.78 is 5.85. The molecule has 1 aliphatic rings. The Labute approximate surface area is 146 Å². The van der Waals surface area contributed by atoms with Crippen LogP contribution in [-0.4, -0.2) is 29.1 Å². The van der Waals surface area contributed by atoms with Gasteiger partial charge in [0, 0.05) is 19.4 Å². The third-order valence-corrected chi connectivity index (χ3v) is 4.66. The molecule has 0 radical (unpaired) electrons. The first-order chi connectivity index (χ1) is 12.0. The smallest absolute Gasteiger partial charge is 0.315 e. The van der Waals surface area contributed by atoms with Gasteiger partial charge in [0.05, 0.1) is 0 Å². The number of carboxylic acids is 1. The van der Waals surface area contributed by atoms with Crippen molar-refractivity contribution in [1.82, 2.24) is 5.32 Å². The van der Waals surface area contributed by atoms with Gasteiger partial charge in [-0.3, -0.25) is 9.59 Å². The molecule has 1 fully saturated rings. The number of benzene rings is 2. The maximum absolute atomic E-state index is 12.6. The summed E-state index contributed by atoms with van der Waals surface area (Å²) in [5, 5.41) is 12.5. The minimum absolute atomic E-state index is 0.00504. The molecule has 1 saturated carbocycles. The quantitative estimate of drug-likeness (QED) is 0.813. The molecule has 1 unspecified atom stereocenters. The summed E-state index contributed by atoms with van der Waals surface area (Å²) in [4.78, 5) is 24.4. The third-order valence-electron chi connectivity index (χ3n) is 4.66. The predicted octanol–water partition coefficient (Wildman–Crippen LogP) is 2.76. The van der Waals surface area contributed by atoms with Crippen LogP contribution in [-0.2, 0) is 15.0 Å². The van der Waals surface area contributed by atoms with Crippen LogP contribution in [0, 0.1) is 0 Å². The average molecular weight is 339 g/mol. The van der Waals surface area contributed by atoms with Crippen molar-refractivity contribution >= 4 is 11.9 Å². The van der Waals surface area contributed by atoms with E-state index in [0.29, 0.717) is 24.2 Å². The second-order valence-corrected chi connectivity index (χ2v) is 6.60. The molecular formula is C20H21NO4. The van der Waals surface area contributed by atoms with Gasteiger partial charge in [-0.2, -0.15) is 0 Å². The first-order valence-corrected chi connectivity index (χ1v) is 8.28. The number of amides is 1. The van der Waals surface area contributed by atoms with E-state index in [1.165, 1.54) is 0 Å². The molecule has 3 rings (SSSR count). The van der Waals surface area contributed by atoms with Crippen LogP contribution in [0.2, 0.25) is 0 Å². The normalized spacial score (nSPS) is 17.2.